The first kappa shape index (κ1) is 16.0. The number of nitrogens with zero attached hydrogens (tertiary/aromatic N) is 2. The summed E-state index contributed by atoms with van der Waals surface area (Å²) in [5, 5.41) is 9.75. The second-order valence-corrected chi connectivity index (χ2v) is 6.51. The molecule has 1 aromatic carbocycles. The Morgan fingerprint density at radius 1 is 1.22 bits per heavy atom. The molecule has 1 aromatic rings. The summed E-state index contributed by atoms with van der Waals surface area (Å²) in [5.41, 5.74) is 1.23. The molecule has 0 saturated carbocycles. The van der Waals surface area contributed by atoms with Gasteiger partial charge in [0.15, 0.2) is 0 Å². The number of aliphatic hydroxyl groups is 1. The van der Waals surface area contributed by atoms with E-state index in [9.17, 15) is 14.7 Å². The lowest BCUT2D eigenvalue weighted by Crippen LogP contribution is -2.48. The SMILES string of the molecule is O=C1CCCN1CC(=O)N1CC[C@@H](c2ccccc2)[C@@H](CO)C1. The van der Waals surface area contributed by atoms with Crippen LogP contribution in [0, 0.1) is 5.92 Å². The van der Waals surface area contributed by atoms with E-state index in [2.05, 4.69) is 12.1 Å². The fraction of sp³-hybridized carbons (Fsp3) is 0.556. The van der Waals surface area contributed by atoms with Gasteiger partial charge in [-0.2, -0.15) is 0 Å². The maximum atomic E-state index is 12.5. The van der Waals surface area contributed by atoms with Crippen molar-refractivity contribution in [1.29, 1.82) is 0 Å². The van der Waals surface area contributed by atoms with E-state index in [0.717, 1.165) is 12.8 Å². The van der Waals surface area contributed by atoms with Crippen LogP contribution in [-0.2, 0) is 9.59 Å². The van der Waals surface area contributed by atoms with Crippen molar-refractivity contribution in [3.63, 3.8) is 0 Å². The Labute approximate surface area is 136 Å². The lowest BCUT2D eigenvalue weighted by molar-refractivity contribution is -0.140. The van der Waals surface area contributed by atoms with Gasteiger partial charge in [-0.25, -0.2) is 0 Å². The predicted octanol–water partition coefficient (Wildman–Crippen LogP) is 1.23. The van der Waals surface area contributed by atoms with Gasteiger partial charge in [-0.1, -0.05) is 30.3 Å². The molecular formula is C18H24N2O3. The Morgan fingerprint density at radius 3 is 2.65 bits per heavy atom. The predicted molar refractivity (Wildman–Crippen MR) is 86.8 cm³/mol. The third-order valence-corrected chi connectivity index (χ3v) is 5.05. The van der Waals surface area contributed by atoms with Crippen LogP contribution in [0.15, 0.2) is 30.3 Å². The van der Waals surface area contributed by atoms with Crippen LogP contribution in [0.4, 0.5) is 0 Å². The number of piperidine rings is 1. The summed E-state index contributed by atoms with van der Waals surface area (Å²) < 4.78 is 0. The summed E-state index contributed by atoms with van der Waals surface area (Å²) in [5.74, 6) is 0.435. The van der Waals surface area contributed by atoms with Gasteiger partial charge >= 0.3 is 0 Å². The van der Waals surface area contributed by atoms with Crippen LogP contribution >= 0.6 is 0 Å². The molecule has 23 heavy (non-hydrogen) atoms. The van der Waals surface area contributed by atoms with Crippen LogP contribution in [0.5, 0.6) is 0 Å². The third kappa shape index (κ3) is 3.55. The number of aliphatic hydroxyl groups excluding tert-OH is 1. The summed E-state index contributed by atoms with van der Waals surface area (Å²) in [6.07, 6.45) is 2.26. The van der Waals surface area contributed by atoms with Gasteiger partial charge in [0.1, 0.15) is 0 Å². The zero-order valence-electron chi connectivity index (χ0n) is 13.4. The first-order valence-corrected chi connectivity index (χ1v) is 8.40. The molecule has 124 valence electrons. The van der Waals surface area contributed by atoms with Gasteiger partial charge in [-0.05, 0) is 24.3 Å². The number of amides is 2. The van der Waals surface area contributed by atoms with E-state index in [1.54, 1.807) is 4.90 Å². The van der Waals surface area contributed by atoms with Crippen LogP contribution in [0.3, 0.4) is 0 Å². The molecule has 2 saturated heterocycles. The number of carbonyl (C=O) groups is 2. The van der Waals surface area contributed by atoms with Crippen molar-refractivity contribution in [3.8, 4) is 0 Å². The van der Waals surface area contributed by atoms with Crippen molar-refractivity contribution in [3.05, 3.63) is 35.9 Å². The maximum Gasteiger partial charge on any atom is 0.242 e. The van der Waals surface area contributed by atoms with Crippen molar-refractivity contribution in [2.75, 3.05) is 32.8 Å². The van der Waals surface area contributed by atoms with Gasteiger partial charge in [0.2, 0.25) is 11.8 Å². The highest BCUT2D eigenvalue weighted by Gasteiger charge is 2.33. The van der Waals surface area contributed by atoms with E-state index in [0.29, 0.717) is 32.0 Å². The minimum Gasteiger partial charge on any atom is -0.396 e. The van der Waals surface area contributed by atoms with Crippen molar-refractivity contribution in [1.82, 2.24) is 9.80 Å². The van der Waals surface area contributed by atoms with E-state index in [4.69, 9.17) is 0 Å². The monoisotopic (exact) mass is 316 g/mol. The molecular weight excluding hydrogens is 292 g/mol. The summed E-state index contributed by atoms with van der Waals surface area (Å²) in [6, 6.07) is 10.2. The molecule has 1 N–H and O–H groups in total. The zero-order chi connectivity index (χ0) is 16.2. The molecule has 0 spiro atoms. The van der Waals surface area contributed by atoms with E-state index < -0.39 is 0 Å². The molecule has 2 aliphatic rings. The molecule has 3 rings (SSSR count). The van der Waals surface area contributed by atoms with E-state index in [1.165, 1.54) is 5.56 Å². The Morgan fingerprint density at radius 2 is 2.00 bits per heavy atom. The largest absolute Gasteiger partial charge is 0.396 e. The number of hydrogen-bond acceptors (Lipinski definition) is 3. The molecule has 0 bridgehead atoms. The second kappa shape index (κ2) is 7.13. The standard InChI is InChI=1S/C18H24N2O3/c21-13-15-11-20(18(23)12-19-9-4-7-17(19)22)10-8-16(15)14-5-2-1-3-6-14/h1-3,5-6,15-16,21H,4,7-13H2/t15-,16+/m1/s1. The second-order valence-electron chi connectivity index (χ2n) is 6.51. The van der Waals surface area contributed by atoms with Crippen LogP contribution in [0.25, 0.3) is 0 Å². The number of rotatable bonds is 4. The van der Waals surface area contributed by atoms with Gasteiger partial charge in [0, 0.05) is 38.6 Å². The van der Waals surface area contributed by atoms with Gasteiger partial charge in [-0.15, -0.1) is 0 Å². The number of benzene rings is 1. The fourth-order valence-corrected chi connectivity index (χ4v) is 3.72. The van der Waals surface area contributed by atoms with Crippen molar-refractivity contribution < 1.29 is 14.7 Å². The topological polar surface area (TPSA) is 60.9 Å². The number of likely N-dealkylation sites (tertiary alicyclic amines) is 2. The highest BCUT2D eigenvalue weighted by atomic mass is 16.3. The molecule has 0 aliphatic carbocycles. The lowest BCUT2D eigenvalue weighted by atomic mass is 9.81. The number of hydrogen-bond donors (Lipinski definition) is 1. The molecule has 0 aromatic heterocycles. The van der Waals surface area contributed by atoms with E-state index in [1.807, 2.05) is 23.1 Å². The highest BCUT2D eigenvalue weighted by Crippen LogP contribution is 2.32. The zero-order valence-corrected chi connectivity index (χ0v) is 13.4. The molecule has 0 radical (unpaired) electrons. The lowest BCUT2D eigenvalue weighted by Gasteiger charge is -2.38. The maximum absolute atomic E-state index is 12.5. The molecule has 2 amide bonds. The smallest absolute Gasteiger partial charge is 0.242 e. The Balaban J connectivity index is 1.62. The summed E-state index contributed by atoms with van der Waals surface area (Å²) >= 11 is 0. The molecule has 0 unspecified atom stereocenters. The Bertz CT molecular complexity index is 561. The third-order valence-electron chi connectivity index (χ3n) is 5.05. The highest BCUT2D eigenvalue weighted by molar-refractivity contribution is 5.86. The number of carbonyl (C=O) groups excluding carboxylic acids is 2. The Hall–Kier alpha value is -1.88. The van der Waals surface area contributed by atoms with Crippen LogP contribution in [-0.4, -0.2) is 59.5 Å². The summed E-state index contributed by atoms with van der Waals surface area (Å²) in [7, 11) is 0. The van der Waals surface area contributed by atoms with Gasteiger partial charge in [0.25, 0.3) is 0 Å². The van der Waals surface area contributed by atoms with E-state index >= 15 is 0 Å². The first-order valence-electron chi connectivity index (χ1n) is 8.40. The quantitative estimate of drug-likeness (QED) is 0.909. The summed E-state index contributed by atoms with van der Waals surface area (Å²) in [4.78, 5) is 27.6. The van der Waals surface area contributed by atoms with Crippen molar-refractivity contribution >= 4 is 11.8 Å². The molecule has 2 fully saturated rings. The molecule has 5 nitrogen and oxygen atoms in total. The molecule has 2 atom stereocenters. The van der Waals surface area contributed by atoms with Gasteiger partial charge < -0.3 is 14.9 Å². The van der Waals surface area contributed by atoms with Crippen molar-refractivity contribution in [2.24, 2.45) is 5.92 Å². The average molecular weight is 316 g/mol. The van der Waals surface area contributed by atoms with Crippen LogP contribution in [0.2, 0.25) is 0 Å². The normalized spacial score (nSPS) is 25.0. The van der Waals surface area contributed by atoms with Gasteiger partial charge in [0.05, 0.1) is 6.54 Å². The van der Waals surface area contributed by atoms with Gasteiger partial charge in [-0.3, -0.25) is 9.59 Å². The average Bonchev–Trinajstić information content (AvgIpc) is 3.00. The van der Waals surface area contributed by atoms with E-state index in [-0.39, 0.29) is 30.9 Å². The molecule has 2 aliphatic heterocycles. The summed E-state index contributed by atoms with van der Waals surface area (Å²) in [6.45, 7) is 2.21. The van der Waals surface area contributed by atoms with Crippen LogP contribution < -0.4 is 0 Å². The van der Waals surface area contributed by atoms with Crippen LogP contribution in [0.1, 0.15) is 30.7 Å². The molecule has 5 heteroatoms. The minimum atomic E-state index is 0.00483. The fourth-order valence-electron chi connectivity index (χ4n) is 3.72. The Kier molecular flexibility index (Phi) is 4.96. The molecule has 2 heterocycles. The minimum absolute atomic E-state index is 0.00483. The van der Waals surface area contributed by atoms with Crippen molar-refractivity contribution in [2.45, 2.75) is 25.2 Å². The first-order chi connectivity index (χ1) is 11.2.